The van der Waals surface area contributed by atoms with E-state index in [0.717, 1.165) is 45.8 Å². The molecule has 0 saturated carbocycles. The van der Waals surface area contributed by atoms with Crippen LogP contribution in [0.4, 0.5) is 0 Å². The second kappa shape index (κ2) is 6.03. The Labute approximate surface area is 114 Å². The van der Waals surface area contributed by atoms with Gasteiger partial charge in [-0.25, -0.2) is 0 Å². The van der Waals surface area contributed by atoms with Gasteiger partial charge < -0.3 is 10.1 Å². The van der Waals surface area contributed by atoms with Crippen LogP contribution in [0.25, 0.3) is 0 Å². The minimum absolute atomic E-state index is 0.574. The Morgan fingerprint density at radius 3 is 3.26 bits per heavy atom. The molecule has 1 N–H and O–H groups in total. The monoisotopic (exact) mass is 264 g/mol. The Morgan fingerprint density at radius 2 is 2.42 bits per heavy atom. The molecule has 0 amide bonds. The first-order chi connectivity index (χ1) is 9.36. The smallest absolute Gasteiger partial charge is 0.0767 e. The largest absolute Gasteiger partial charge is 0.385 e. The van der Waals surface area contributed by atoms with Crippen molar-refractivity contribution >= 4 is 0 Å². The van der Waals surface area contributed by atoms with E-state index < -0.39 is 0 Å². The van der Waals surface area contributed by atoms with Crippen molar-refractivity contribution in [2.45, 2.75) is 38.4 Å². The molecule has 0 spiro atoms. The van der Waals surface area contributed by atoms with Gasteiger partial charge >= 0.3 is 0 Å². The molecule has 1 unspecified atom stereocenters. The summed E-state index contributed by atoms with van der Waals surface area (Å²) in [5, 5.41) is 8.20. The fourth-order valence-electron chi connectivity index (χ4n) is 3.15. The molecule has 5 nitrogen and oxygen atoms in total. The molecular weight excluding hydrogens is 240 g/mol. The highest BCUT2D eigenvalue weighted by Gasteiger charge is 2.23. The lowest BCUT2D eigenvalue weighted by Crippen LogP contribution is -2.51. The molecule has 5 heteroatoms. The summed E-state index contributed by atoms with van der Waals surface area (Å²) < 4.78 is 7.40. The van der Waals surface area contributed by atoms with Crippen molar-refractivity contribution in [2.75, 3.05) is 33.4 Å². The molecule has 0 aliphatic carbocycles. The summed E-state index contributed by atoms with van der Waals surface area (Å²) >= 11 is 0. The summed E-state index contributed by atoms with van der Waals surface area (Å²) in [4.78, 5) is 2.55. The number of rotatable bonds is 5. The van der Waals surface area contributed by atoms with E-state index in [1.165, 1.54) is 24.2 Å². The van der Waals surface area contributed by atoms with Gasteiger partial charge in [-0.05, 0) is 25.3 Å². The van der Waals surface area contributed by atoms with Gasteiger partial charge in [0.25, 0.3) is 0 Å². The Balaban J connectivity index is 1.62. The highest BCUT2D eigenvalue weighted by Crippen LogP contribution is 2.18. The van der Waals surface area contributed by atoms with Crippen LogP contribution in [0.1, 0.15) is 24.2 Å². The lowest BCUT2D eigenvalue weighted by Gasteiger charge is -2.35. The van der Waals surface area contributed by atoms with Crippen molar-refractivity contribution in [3.05, 3.63) is 17.5 Å². The third kappa shape index (κ3) is 2.99. The minimum Gasteiger partial charge on any atom is -0.385 e. The first kappa shape index (κ1) is 13.1. The molecule has 0 radical (unpaired) electrons. The van der Waals surface area contributed by atoms with E-state index in [9.17, 15) is 0 Å². The van der Waals surface area contributed by atoms with Gasteiger partial charge in [0.05, 0.1) is 5.69 Å². The number of fused-ring (bicyclic) bond motifs is 1. The van der Waals surface area contributed by atoms with E-state index in [1.807, 2.05) is 0 Å². The van der Waals surface area contributed by atoms with E-state index in [4.69, 9.17) is 9.84 Å². The lowest BCUT2D eigenvalue weighted by molar-refractivity contribution is 0.105. The molecule has 3 rings (SSSR count). The number of aryl methyl sites for hydroxylation is 2. The number of hydrogen-bond donors (Lipinski definition) is 1. The van der Waals surface area contributed by atoms with Crippen LogP contribution in [0.2, 0.25) is 0 Å². The molecular formula is C14H24N4O. The average Bonchev–Trinajstić information content (AvgIpc) is 2.98. The molecule has 2 aliphatic heterocycles. The zero-order chi connectivity index (χ0) is 13.1. The Hall–Kier alpha value is -0.910. The number of piperazine rings is 1. The highest BCUT2D eigenvalue weighted by molar-refractivity contribution is 5.13. The van der Waals surface area contributed by atoms with E-state index in [2.05, 4.69) is 21.0 Å². The quantitative estimate of drug-likeness (QED) is 0.847. The number of ether oxygens (including phenoxy) is 1. The molecule has 1 aromatic rings. The predicted octanol–water partition coefficient (Wildman–Crippen LogP) is 0.640. The second-order valence-corrected chi connectivity index (χ2v) is 5.56. The standard InChI is InChI=1S/C14H24N4O/c1-19-8-4-14-10-15-5-7-17(14)11-12-9-13-3-2-6-18(13)16-12/h9,14-15H,2-8,10-11H2,1H3. The zero-order valence-corrected chi connectivity index (χ0v) is 11.8. The summed E-state index contributed by atoms with van der Waals surface area (Å²) in [7, 11) is 1.78. The summed E-state index contributed by atoms with van der Waals surface area (Å²) in [6, 6.07) is 2.87. The van der Waals surface area contributed by atoms with E-state index in [0.29, 0.717) is 6.04 Å². The van der Waals surface area contributed by atoms with Crippen LogP contribution in [-0.4, -0.2) is 54.1 Å². The van der Waals surface area contributed by atoms with Crippen LogP contribution in [0.5, 0.6) is 0 Å². The number of nitrogens with one attached hydrogen (secondary N) is 1. The van der Waals surface area contributed by atoms with Crippen LogP contribution in [0, 0.1) is 0 Å². The van der Waals surface area contributed by atoms with Gasteiger partial charge in [-0.3, -0.25) is 9.58 Å². The fourth-order valence-corrected chi connectivity index (χ4v) is 3.15. The number of methoxy groups -OCH3 is 1. The molecule has 106 valence electrons. The molecule has 1 fully saturated rings. The van der Waals surface area contributed by atoms with Crippen molar-refractivity contribution in [3.63, 3.8) is 0 Å². The van der Waals surface area contributed by atoms with Crippen LogP contribution in [-0.2, 0) is 24.2 Å². The third-order valence-corrected chi connectivity index (χ3v) is 4.21. The Morgan fingerprint density at radius 1 is 1.47 bits per heavy atom. The van der Waals surface area contributed by atoms with Gasteiger partial charge in [0.1, 0.15) is 0 Å². The number of hydrogen-bond acceptors (Lipinski definition) is 4. The van der Waals surface area contributed by atoms with Gasteiger partial charge in [0, 0.05) is 58.2 Å². The molecule has 1 aromatic heterocycles. The Kier molecular flexibility index (Phi) is 4.15. The van der Waals surface area contributed by atoms with Crippen LogP contribution >= 0.6 is 0 Å². The van der Waals surface area contributed by atoms with Crippen molar-refractivity contribution in [3.8, 4) is 0 Å². The summed E-state index contributed by atoms with van der Waals surface area (Å²) in [6.07, 6.45) is 3.55. The maximum atomic E-state index is 5.22. The molecule has 0 bridgehead atoms. The van der Waals surface area contributed by atoms with Crippen molar-refractivity contribution < 1.29 is 4.74 Å². The molecule has 1 atom stereocenters. The van der Waals surface area contributed by atoms with Gasteiger partial charge in [-0.2, -0.15) is 5.10 Å². The van der Waals surface area contributed by atoms with Crippen molar-refractivity contribution in [1.82, 2.24) is 20.0 Å². The first-order valence-electron chi connectivity index (χ1n) is 7.36. The van der Waals surface area contributed by atoms with E-state index in [1.54, 1.807) is 7.11 Å². The number of aromatic nitrogens is 2. The lowest BCUT2D eigenvalue weighted by atomic mass is 10.1. The SMILES string of the molecule is COCCC1CNCCN1Cc1cc2n(n1)CCC2. The fraction of sp³-hybridized carbons (Fsp3) is 0.786. The molecule has 2 aliphatic rings. The highest BCUT2D eigenvalue weighted by atomic mass is 16.5. The van der Waals surface area contributed by atoms with Gasteiger partial charge in [0.15, 0.2) is 0 Å². The topological polar surface area (TPSA) is 42.3 Å². The summed E-state index contributed by atoms with van der Waals surface area (Å²) in [5.41, 5.74) is 2.65. The maximum absolute atomic E-state index is 5.22. The van der Waals surface area contributed by atoms with Crippen LogP contribution in [0.3, 0.4) is 0 Å². The summed E-state index contributed by atoms with van der Waals surface area (Å²) in [5.74, 6) is 0. The summed E-state index contributed by atoms with van der Waals surface area (Å²) in [6.45, 7) is 6.17. The third-order valence-electron chi connectivity index (χ3n) is 4.21. The first-order valence-corrected chi connectivity index (χ1v) is 7.36. The van der Waals surface area contributed by atoms with Crippen LogP contribution < -0.4 is 5.32 Å². The normalized spacial score (nSPS) is 23.7. The minimum atomic E-state index is 0.574. The average molecular weight is 264 g/mol. The van der Waals surface area contributed by atoms with Crippen molar-refractivity contribution in [1.29, 1.82) is 0 Å². The van der Waals surface area contributed by atoms with Crippen LogP contribution in [0.15, 0.2) is 6.07 Å². The molecule has 3 heterocycles. The van der Waals surface area contributed by atoms with E-state index >= 15 is 0 Å². The maximum Gasteiger partial charge on any atom is 0.0767 e. The number of nitrogens with zero attached hydrogens (tertiary/aromatic N) is 3. The van der Waals surface area contributed by atoms with Crippen molar-refractivity contribution in [2.24, 2.45) is 0 Å². The zero-order valence-electron chi connectivity index (χ0n) is 11.8. The molecule has 0 aromatic carbocycles. The molecule has 19 heavy (non-hydrogen) atoms. The second-order valence-electron chi connectivity index (χ2n) is 5.56. The van der Waals surface area contributed by atoms with Gasteiger partial charge in [-0.1, -0.05) is 0 Å². The van der Waals surface area contributed by atoms with Gasteiger partial charge in [-0.15, -0.1) is 0 Å². The molecule has 1 saturated heterocycles. The predicted molar refractivity (Wildman–Crippen MR) is 74.1 cm³/mol. The van der Waals surface area contributed by atoms with E-state index in [-0.39, 0.29) is 0 Å². The van der Waals surface area contributed by atoms with Gasteiger partial charge in [0.2, 0.25) is 0 Å². The Bertz CT molecular complexity index is 396.